The van der Waals surface area contributed by atoms with Crippen LogP contribution in [0, 0.1) is 0 Å². The first-order chi connectivity index (χ1) is 6.85. The molecule has 0 aromatic rings. The van der Waals surface area contributed by atoms with Crippen LogP contribution in [-0.4, -0.2) is 49.2 Å². The Labute approximate surface area is 105 Å². The normalized spacial score (nSPS) is 23.5. The molecule has 1 atom stereocenters. The average molecular weight is 272 g/mol. The largest absolute Gasteiger partial charge is 0.327 e. The van der Waals surface area contributed by atoms with E-state index in [9.17, 15) is 8.42 Å². The third-order valence-electron chi connectivity index (χ3n) is 2.84. The SMILES string of the molecule is CC(C)N(C)S(=O)(=O)N1CCC[C@@H](N)C1.Cl. The van der Waals surface area contributed by atoms with E-state index in [0.717, 1.165) is 12.8 Å². The van der Waals surface area contributed by atoms with Crippen LogP contribution in [0.1, 0.15) is 26.7 Å². The van der Waals surface area contributed by atoms with Crippen LogP contribution >= 0.6 is 12.4 Å². The number of nitrogens with two attached hydrogens (primary N) is 1. The zero-order chi connectivity index (χ0) is 11.6. The van der Waals surface area contributed by atoms with Gasteiger partial charge in [0.05, 0.1) is 0 Å². The van der Waals surface area contributed by atoms with Crippen molar-refractivity contribution in [3.8, 4) is 0 Å². The second-order valence-electron chi connectivity index (χ2n) is 4.38. The minimum absolute atomic E-state index is 0. The summed E-state index contributed by atoms with van der Waals surface area (Å²) in [6.07, 6.45) is 1.77. The predicted molar refractivity (Wildman–Crippen MR) is 67.8 cm³/mol. The molecule has 0 spiro atoms. The van der Waals surface area contributed by atoms with E-state index in [-0.39, 0.29) is 24.5 Å². The maximum absolute atomic E-state index is 12.1. The summed E-state index contributed by atoms with van der Waals surface area (Å²) in [5.41, 5.74) is 5.77. The monoisotopic (exact) mass is 271 g/mol. The van der Waals surface area contributed by atoms with Gasteiger partial charge < -0.3 is 5.73 Å². The van der Waals surface area contributed by atoms with Gasteiger partial charge in [0.1, 0.15) is 0 Å². The van der Waals surface area contributed by atoms with E-state index in [1.54, 1.807) is 7.05 Å². The van der Waals surface area contributed by atoms with Crippen LogP contribution < -0.4 is 5.73 Å². The molecule has 98 valence electrons. The molecule has 0 amide bonds. The molecule has 5 nitrogen and oxygen atoms in total. The highest BCUT2D eigenvalue weighted by Gasteiger charge is 2.31. The lowest BCUT2D eigenvalue weighted by Gasteiger charge is -2.34. The molecule has 2 N–H and O–H groups in total. The number of halogens is 1. The number of hydrogen-bond donors (Lipinski definition) is 1. The lowest BCUT2D eigenvalue weighted by atomic mass is 10.1. The topological polar surface area (TPSA) is 66.6 Å². The van der Waals surface area contributed by atoms with E-state index in [1.165, 1.54) is 8.61 Å². The summed E-state index contributed by atoms with van der Waals surface area (Å²) >= 11 is 0. The smallest absolute Gasteiger partial charge is 0.282 e. The van der Waals surface area contributed by atoms with Gasteiger partial charge in [-0.2, -0.15) is 17.0 Å². The van der Waals surface area contributed by atoms with Gasteiger partial charge in [0, 0.05) is 32.2 Å². The minimum Gasteiger partial charge on any atom is -0.327 e. The van der Waals surface area contributed by atoms with Crippen LogP contribution in [0.4, 0.5) is 0 Å². The number of piperidine rings is 1. The van der Waals surface area contributed by atoms with Gasteiger partial charge in [0.15, 0.2) is 0 Å². The van der Waals surface area contributed by atoms with E-state index in [2.05, 4.69) is 0 Å². The quantitative estimate of drug-likeness (QED) is 0.809. The van der Waals surface area contributed by atoms with E-state index >= 15 is 0 Å². The van der Waals surface area contributed by atoms with Crippen LogP contribution in [0.5, 0.6) is 0 Å². The average Bonchev–Trinajstić information content (AvgIpc) is 2.16. The summed E-state index contributed by atoms with van der Waals surface area (Å²) in [6, 6.07) is -0.0396. The Morgan fingerprint density at radius 3 is 2.44 bits per heavy atom. The summed E-state index contributed by atoms with van der Waals surface area (Å²) in [5, 5.41) is 0. The highest BCUT2D eigenvalue weighted by Crippen LogP contribution is 2.16. The minimum atomic E-state index is -3.31. The van der Waals surface area contributed by atoms with E-state index in [4.69, 9.17) is 5.73 Å². The first-order valence-electron chi connectivity index (χ1n) is 5.34. The Bertz CT molecular complexity index is 308. The Hall–Kier alpha value is 0.120. The summed E-state index contributed by atoms with van der Waals surface area (Å²) in [7, 11) is -1.70. The molecular formula is C9H22ClN3O2S. The van der Waals surface area contributed by atoms with E-state index in [0.29, 0.717) is 13.1 Å². The fourth-order valence-corrected chi connectivity index (χ4v) is 3.27. The molecule has 1 heterocycles. The lowest BCUT2D eigenvalue weighted by Crippen LogP contribution is -2.51. The molecule has 1 saturated heterocycles. The van der Waals surface area contributed by atoms with Crippen molar-refractivity contribution in [2.75, 3.05) is 20.1 Å². The molecule has 1 rings (SSSR count). The molecule has 0 radical (unpaired) electrons. The van der Waals surface area contributed by atoms with Gasteiger partial charge in [-0.3, -0.25) is 0 Å². The fourth-order valence-electron chi connectivity index (χ4n) is 1.63. The number of nitrogens with zero attached hydrogens (tertiary/aromatic N) is 2. The van der Waals surface area contributed by atoms with Crippen LogP contribution in [0.3, 0.4) is 0 Å². The molecule has 1 aliphatic rings. The van der Waals surface area contributed by atoms with E-state index < -0.39 is 10.2 Å². The number of hydrogen-bond acceptors (Lipinski definition) is 3. The standard InChI is InChI=1S/C9H21N3O2S.ClH/c1-8(2)11(3)15(13,14)12-6-4-5-9(10)7-12;/h8-9H,4-7,10H2,1-3H3;1H/t9-;/m1./s1. The molecule has 0 bridgehead atoms. The lowest BCUT2D eigenvalue weighted by molar-refractivity contribution is 0.282. The third kappa shape index (κ3) is 3.56. The van der Waals surface area contributed by atoms with Gasteiger partial charge in [0.25, 0.3) is 10.2 Å². The Balaban J connectivity index is 0.00000225. The fraction of sp³-hybridized carbons (Fsp3) is 1.00. The summed E-state index contributed by atoms with van der Waals surface area (Å²) < 4.78 is 27.0. The summed E-state index contributed by atoms with van der Waals surface area (Å²) in [5.74, 6) is 0. The molecule has 0 unspecified atom stereocenters. The zero-order valence-corrected chi connectivity index (χ0v) is 11.7. The van der Waals surface area contributed by atoms with Crippen molar-refractivity contribution in [2.45, 2.75) is 38.8 Å². The zero-order valence-electron chi connectivity index (χ0n) is 10.1. The molecular weight excluding hydrogens is 250 g/mol. The summed E-state index contributed by atoms with van der Waals surface area (Å²) in [4.78, 5) is 0. The molecule has 1 aliphatic heterocycles. The van der Waals surface area contributed by atoms with Crippen molar-refractivity contribution in [1.82, 2.24) is 8.61 Å². The highest BCUT2D eigenvalue weighted by molar-refractivity contribution is 7.86. The number of rotatable bonds is 3. The summed E-state index contributed by atoms with van der Waals surface area (Å²) in [6.45, 7) is 4.76. The molecule has 0 aromatic carbocycles. The molecule has 7 heteroatoms. The van der Waals surface area contributed by atoms with Crippen molar-refractivity contribution < 1.29 is 8.42 Å². The van der Waals surface area contributed by atoms with Crippen molar-refractivity contribution in [1.29, 1.82) is 0 Å². The van der Waals surface area contributed by atoms with Gasteiger partial charge in [-0.25, -0.2) is 0 Å². The third-order valence-corrected chi connectivity index (χ3v) is 4.97. The van der Waals surface area contributed by atoms with Crippen LogP contribution in [0.15, 0.2) is 0 Å². The van der Waals surface area contributed by atoms with Gasteiger partial charge in [-0.05, 0) is 26.7 Å². The van der Waals surface area contributed by atoms with Crippen LogP contribution in [-0.2, 0) is 10.2 Å². The molecule has 0 aromatic heterocycles. The van der Waals surface area contributed by atoms with Crippen molar-refractivity contribution in [3.05, 3.63) is 0 Å². The molecule has 1 fully saturated rings. The van der Waals surface area contributed by atoms with Crippen molar-refractivity contribution in [2.24, 2.45) is 5.73 Å². The maximum Gasteiger partial charge on any atom is 0.282 e. The second kappa shape index (κ2) is 6.16. The van der Waals surface area contributed by atoms with Crippen molar-refractivity contribution >= 4 is 22.6 Å². The highest BCUT2D eigenvalue weighted by atomic mass is 35.5. The second-order valence-corrected chi connectivity index (χ2v) is 6.37. The Morgan fingerprint density at radius 1 is 1.44 bits per heavy atom. The Kier molecular flexibility index (Phi) is 6.21. The van der Waals surface area contributed by atoms with Gasteiger partial charge in [-0.1, -0.05) is 0 Å². The molecule has 0 saturated carbocycles. The first kappa shape index (κ1) is 16.1. The van der Waals surface area contributed by atoms with Crippen LogP contribution in [0.2, 0.25) is 0 Å². The first-order valence-corrected chi connectivity index (χ1v) is 6.74. The van der Waals surface area contributed by atoms with Gasteiger partial charge in [0.2, 0.25) is 0 Å². The Morgan fingerprint density at radius 2 is 2.00 bits per heavy atom. The molecule has 16 heavy (non-hydrogen) atoms. The maximum atomic E-state index is 12.1. The van der Waals surface area contributed by atoms with E-state index in [1.807, 2.05) is 13.8 Å². The molecule has 0 aliphatic carbocycles. The van der Waals surface area contributed by atoms with Crippen LogP contribution in [0.25, 0.3) is 0 Å². The predicted octanol–water partition coefficient (Wildman–Crippen LogP) is 0.416. The van der Waals surface area contributed by atoms with Gasteiger partial charge >= 0.3 is 0 Å². The van der Waals surface area contributed by atoms with Gasteiger partial charge in [-0.15, -0.1) is 12.4 Å². The van der Waals surface area contributed by atoms with Crippen molar-refractivity contribution in [3.63, 3.8) is 0 Å².